The molecule has 0 unspecified atom stereocenters. The van der Waals surface area contributed by atoms with E-state index in [0.29, 0.717) is 19.4 Å². The molecule has 4 heteroatoms. The van der Waals surface area contributed by atoms with Crippen LogP contribution in [0.5, 0.6) is 5.75 Å². The summed E-state index contributed by atoms with van der Waals surface area (Å²) in [5, 5.41) is 11.2. The maximum absolute atomic E-state index is 11.2. The molecule has 0 radical (unpaired) electrons. The lowest BCUT2D eigenvalue weighted by Gasteiger charge is -2.45. The van der Waals surface area contributed by atoms with Crippen molar-refractivity contribution in [1.29, 1.82) is 0 Å². The van der Waals surface area contributed by atoms with Gasteiger partial charge in [-0.1, -0.05) is 12.1 Å². The fourth-order valence-corrected chi connectivity index (χ4v) is 3.20. The number of aliphatic carboxylic acids is 1. The van der Waals surface area contributed by atoms with Crippen molar-refractivity contribution < 1.29 is 19.4 Å². The van der Waals surface area contributed by atoms with Gasteiger partial charge in [0.1, 0.15) is 5.75 Å². The molecule has 1 aromatic carbocycles. The van der Waals surface area contributed by atoms with Crippen LogP contribution in [0.15, 0.2) is 24.3 Å². The first-order valence-corrected chi connectivity index (χ1v) is 6.85. The Morgan fingerprint density at radius 3 is 2.50 bits per heavy atom. The molecule has 0 amide bonds. The van der Waals surface area contributed by atoms with E-state index >= 15 is 0 Å². The van der Waals surface area contributed by atoms with E-state index in [1.54, 1.807) is 7.11 Å². The van der Waals surface area contributed by atoms with Crippen molar-refractivity contribution in [3.63, 3.8) is 0 Å². The molecule has 0 bridgehead atoms. The van der Waals surface area contributed by atoms with Gasteiger partial charge in [0.05, 0.1) is 12.7 Å². The summed E-state index contributed by atoms with van der Waals surface area (Å²) in [6.45, 7) is 4.56. The quantitative estimate of drug-likeness (QED) is 0.840. The van der Waals surface area contributed by atoms with Crippen LogP contribution in [0.25, 0.3) is 0 Å². The van der Waals surface area contributed by atoms with Gasteiger partial charge in [-0.2, -0.15) is 0 Å². The minimum absolute atomic E-state index is 0.0200. The second-order valence-electron chi connectivity index (χ2n) is 6.09. The zero-order chi connectivity index (χ0) is 14.8. The van der Waals surface area contributed by atoms with Crippen LogP contribution in [0.4, 0.5) is 0 Å². The summed E-state index contributed by atoms with van der Waals surface area (Å²) >= 11 is 0. The number of hydrogen-bond acceptors (Lipinski definition) is 4. The third-order valence-corrected chi connectivity index (χ3v) is 4.02. The first kappa shape index (κ1) is 14.9. The lowest BCUT2D eigenvalue weighted by atomic mass is 9.67. The van der Waals surface area contributed by atoms with Crippen LogP contribution >= 0.6 is 0 Å². The fraction of sp³-hybridized carbons (Fsp3) is 0.562. The van der Waals surface area contributed by atoms with Crippen LogP contribution in [0, 0.1) is 0 Å². The molecule has 0 spiro atoms. The molecular weight excluding hydrogens is 256 g/mol. The van der Waals surface area contributed by atoms with E-state index in [4.69, 9.17) is 9.47 Å². The molecule has 0 aromatic heterocycles. The molecule has 1 saturated heterocycles. The Bertz CT molecular complexity index is 478. The highest BCUT2D eigenvalue weighted by molar-refractivity contribution is 5.67. The van der Waals surface area contributed by atoms with Crippen molar-refractivity contribution in [2.24, 2.45) is 0 Å². The molecule has 0 saturated carbocycles. The molecule has 1 aliphatic heterocycles. The Morgan fingerprint density at radius 1 is 1.35 bits per heavy atom. The van der Waals surface area contributed by atoms with Gasteiger partial charge in [0.2, 0.25) is 0 Å². The maximum Gasteiger partial charge on any atom is 0.118 e. The lowest BCUT2D eigenvalue weighted by molar-refractivity contribution is -0.308. The highest BCUT2D eigenvalue weighted by Crippen LogP contribution is 2.44. The Kier molecular flexibility index (Phi) is 4.04. The molecular formula is C16H21O4-. The minimum atomic E-state index is -1.02. The third-order valence-electron chi connectivity index (χ3n) is 4.02. The summed E-state index contributed by atoms with van der Waals surface area (Å²) in [6.07, 6.45) is 1.38. The Labute approximate surface area is 119 Å². The van der Waals surface area contributed by atoms with Gasteiger partial charge < -0.3 is 19.4 Å². The third kappa shape index (κ3) is 3.12. The average Bonchev–Trinajstić information content (AvgIpc) is 2.37. The van der Waals surface area contributed by atoms with Gasteiger partial charge in [-0.05, 0) is 50.8 Å². The largest absolute Gasteiger partial charge is 0.550 e. The summed E-state index contributed by atoms with van der Waals surface area (Å²) in [7, 11) is 1.61. The number of carbonyl (C=O) groups is 1. The molecule has 0 N–H and O–H groups in total. The van der Waals surface area contributed by atoms with Gasteiger partial charge in [0, 0.05) is 18.0 Å². The molecule has 1 atom stereocenters. The maximum atomic E-state index is 11.2. The predicted octanol–water partition coefficient (Wildman–Crippen LogP) is 1.66. The van der Waals surface area contributed by atoms with Crippen LogP contribution in [-0.2, 0) is 14.9 Å². The summed E-state index contributed by atoms with van der Waals surface area (Å²) in [4.78, 5) is 11.2. The zero-order valence-corrected chi connectivity index (χ0v) is 12.3. The Balaban J connectivity index is 2.37. The second kappa shape index (κ2) is 5.44. The van der Waals surface area contributed by atoms with E-state index in [1.807, 2.05) is 38.1 Å². The SMILES string of the molecule is COc1ccc([C@@]2(CC(=O)[O-])CCOC(C)(C)C2)cc1. The monoisotopic (exact) mass is 277 g/mol. The van der Waals surface area contributed by atoms with E-state index in [0.717, 1.165) is 11.3 Å². The Morgan fingerprint density at radius 2 is 2.00 bits per heavy atom. The molecule has 1 aromatic rings. The molecule has 20 heavy (non-hydrogen) atoms. The summed E-state index contributed by atoms with van der Waals surface area (Å²) < 4.78 is 10.9. The van der Waals surface area contributed by atoms with Crippen LogP contribution in [-0.4, -0.2) is 25.3 Å². The number of hydrogen-bond donors (Lipinski definition) is 0. The van der Waals surface area contributed by atoms with Gasteiger partial charge >= 0.3 is 0 Å². The first-order valence-electron chi connectivity index (χ1n) is 6.85. The molecule has 1 aliphatic rings. The molecule has 110 valence electrons. The number of ether oxygens (including phenoxy) is 2. The van der Waals surface area contributed by atoms with Gasteiger partial charge in [0.15, 0.2) is 0 Å². The first-order chi connectivity index (χ1) is 9.37. The summed E-state index contributed by atoms with van der Waals surface area (Å²) in [5.74, 6) is -0.248. The standard InChI is InChI=1S/C16H22O4/c1-15(2)11-16(8-9-20-15,10-14(17)18)12-4-6-13(19-3)7-5-12/h4-7H,8-11H2,1-3H3,(H,17,18)/p-1/t16-/m1/s1. The van der Waals surface area contributed by atoms with Gasteiger partial charge in [-0.25, -0.2) is 0 Å². The molecule has 4 nitrogen and oxygen atoms in total. The number of methoxy groups -OCH3 is 1. The van der Waals surface area contributed by atoms with Crippen LogP contribution in [0.3, 0.4) is 0 Å². The van der Waals surface area contributed by atoms with Gasteiger partial charge in [-0.15, -0.1) is 0 Å². The Hall–Kier alpha value is -1.55. The summed E-state index contributed by atoms with van der Waals surface area (Å²) in [6, 6.07) is 7.63. The molecule has 1 fully saturated rings. The van der Waals surface area contributed by atoms with Crippen molar-refractivity contribution in [3.05, 3.63) is 29.8 Å². The van der Waals surface area contributed by atoms with Crippen LogP contribution in [0.1, 0.15) is 38.7 Å². The smallest absolute Gasteiger partial charge is 0.118 e. The summed E-state index contributed by atoms with van der Waals surface area (Å²) in [5.41, 5.74) is 0.263. The van der Waals surface area contributed by atoms with E-state index in [9.17, 15) is 9.90 Å². The highest BCUT2D eigenvalue weighted by atomic mass is 16.5. The van der Waals surface area contributed by atoms with Crippen molar-refractivity contribution in [2.75, 3.05) is 13.7 Å². The highest BCUT2D eigenvalue weighted by Gasteiger charge is 2.42. The molecule has 0 aliphatic carbocycles. The van der Waals surface area contributed by atoms with Crippen LogP contribution in [0.2, 0.25) is 0 Å². The van der Waals surface area contributed by atoms with Crippen LogP contribution < -0.4 is 9.84 Å². The van der Waals surface area contributed by atoms with E-state index in [2.05, 4.69) is 0 Å². The van der Waals surface area contributed by atoms with E-state index < -0.39 is 11.4 Å². The fourth-order valence-electron chi connectivity index (χ4n) is 3.20. The number of carboxylic acids is 1. The number of rotatable bonds is 4. The van der Waals surface area contributed by atoms with Gasteiger partial charge in [-0.3, -0.25) is 0 Å². The number of carboxylic acid groups (broad SMARTS) is 1. The van der Waals surface area contributed by atoms with E-state index in [1.165, 1.54) is 0 Å². The van der Waals surface area contributed by atoms with Crippen molar-refractivity contribution >= 4 is 5.97 Å². The minimum Gasteiger partial charge on any atom is -0.550 e. The topological polar surface area (TPSA) is 58.6 Å². The zero-order valence-electron chi connectivity index (χ0n) is 12.3. The van der Waals surface area contributed by atoms with Crippen molar-refractivity contribution in [1.82, 2.24) is 0 Å². The number of carbonyl (C=O) groups excluding carboxylic acids is 1. The lowest BCUT2D eigenvalue weighted by Crippen LogP contribution is -2.46. The van der Waals surface area contributed by atoms with Gasteiger partial charge in [0.25, 0.3) is 0 Å². The second-order valence-corrected chi connectivity index (χ2v) is 6.09. The average molecular weight is 277 g/mol. The molecule has 2 rings (SSSR count). The predicted molar refractivity (Wildman–Crippen MR) is 73.6 cm³/mol. The number of benzene rings is 1. The van der Waals surface area contributed by atoms with Crippen molar-refractivity contribution in [2.45, 2.75) is 44.1 Å². The van der Waals surface area contributed by atoms with E-state index in [-0.39, 0.29) is 12.0 Å². The normalized spacial score (nSPS) is 25.1. The molecule has 1 heterocycles. The van der Waals surface area contributed by atoms with Crippen molar-refractivity contribution in [3.8, 4) is 5.75 Å².